The highest BCUT2D eigenvalue weighted by Gasteiger charge is 2.14. The van der Waals surface area contributed by atoms with Crippen molar-refractivity contribution in [3.8, 4) is 0 Å². The van der Waals surface area contributed by atoms with Gasteiger partial charge in [-0.05, 0) is 18.9 Å². The van der Waals surface area contributed by atoms with E-state index in [0.29, 0.717) is 10.9 Å². The first-order chi connectivity index (χ1) is 8.24. The summed E-state index contributed by atoms with van der Waals surface area (Å²) < 4.78 is 0. The van der Waals surface area contributed by atoms with Crippen molar-refractivity contribution >= 4 is 16.7 Å². The van der Waals surface area contributed by atoms with Gasteiger partial charge < -0.3 is 9.88 Å². The van der Waals surface area contributed by atoms with Crippen molar-refractivity contribution in [3.63, 3.8) is 0 Å². The molecule has 0 amide bonds. The molecule has 2 aromatic heterocycles. The minimum atomic E-state index is -0.502. The molecular formula is C11H12N4O2. The molecule has 0 aliphatic carbocycles. The zero-order valence-corrected chi connectivity index (χ0v) is 9.19. The predicted molar refractivity (Wildman–Crippen MR) is 64.4 cm³/mol. The monoisotopic (exact) mass is 232 g/mol. The number of H-pyrrole nitrogens is 2. The number of hydrogen-bond acceptors (Lipinski definition) is 4. The molecular weight excluding hydrogens is 220 g/mol. The average Bonchev–Trinajstić information content (AvgIpc) is 2.82. The Morgan fingerprint density at radius 2 is 1.94 bits per heavy atom. The molecule has 2 N–H and O–H groups in total. The Balaban J connectivity index is 2.18. The Kier molecular flexibility index (Phi) is 2.21. The molecule has 1 aliphatic rings. The van der Waals surface area contributed by atoms with Crippen molar-refractivity contribution in [1.82, 2.24) is 15.0 Å². The van der Waals surface area contributed by atoms with Gasteiger partial charge in [-0.25, -0.2) is 9.78 Å². The summed E-state index contributed by atoms with van der Waals surface area (Å²) in [5, 5.41) is 0.474. The Labute approximate surface area is 96.3 Å². The smallest absolute Gasteiger partial charge is 0.326 e. The molecule has 0 bridgehead atoms. The molecule has 0 atom stereocenters. The molecule has 0 spiro atoms. The van der Waals surface area contributed by atoms with Crippen LogP contribution in [0.25, 0.3) is 10.9 Å². The number of fused-ring (bicyclic) bond motifs is 1. The number of anilines is 1. The molecule has 1 saturated heterocycles. The van der Waals surface area contributed by atoms with E-state index in [-0.39, 0.29) is 5.56 Å². The third kappa shape index (κ3) is 1.71. The number of aromatic amines is 2. The molecule has 1 fully saturated rings. The van der Waals surface area contributed by atoms with Crippen LogP contribution in [0.2, 0.25) is 0 Å². The van der Waals surface area contributed by atoms with Crippen molar-refractivity contribution in [3.05, 3.63) is 33.1 Å². The first-order valence-electron chi connectivity index (χ1n) is 5.61. The minimum Gasteiger partial charge on any atom is -0.357 e. The van der Waals surface area contributed by atoms with Crippen LogP contribution < -0.4 is 16.1 Å². The quantitative estimate of drug-likeness (QED) is 0.736. The lowest BCUT2D eigenvalue weighted by atomic mass is 10.3. The van der Waals surface area contributed by atoms with Crippen LogP contribution in [0.1, 0.15) is 12.8 Å². The second-order valence-electron chi connectivity index (χ2n) is 4.19. The topological polar surface area (TPSA) is 81.8 Å². The van der Waals surface area contributed by atoms with Crippen molar-refractivity contribution in [2.45, 2.75) is 12.8 Å². The maximum absolute atomic E-state index is 11.6. The van der Waals surface area contributed by atoms with Crippen LogP contribution in [0.5, 0.6) is 0 Å². The molecule has 1 aliphatic heterocycles. The third-order valence-electron chi connectivity index (χ3n) is 3.04. The Hall–Kier alpha value is -2.11. The molecule has 2 aromatic rings. The lowest BCUT2D eigenvalue weighted by Crippen LogP contribution is -2.23. The number of pyridine rings is 1. The van der Waals surface area contributed by atoms with Crippen molar-refractivity contribution < 1.29 is 0 Å². The summed E-state index contributed by atoms with van der Waals surface area (Å²) in [6, 6.07) is 1.73. The second-order valence-corrected chi connectivity index (χ2v) is 4.19. The highest BCUT2D eigenvalue weighted by molar-refractivity contribution is 5.79. The molecule has 0 aromatic carbocycles. The number of nitrogens with one attached hydrogen (secondary N) is 2. The van der Waals surface area contributed by atoms with Crippen LogP contribution in [0.4, 0.5) is 5.82 Å². The van der Waals surface area contributed by atoms with E-state index >= 15 is 0 Å². The molecule has 0 radical (unpaired) electrons. The fourth-order valence-electron chi connectivity index (χ4n) is 2.17. The Bertz CT molecular complexity index is 667. The summed E-state index contributed by atoms with van der Waals surface area (Å²) in [6.45, 7) is 1.94. The maximum Gasteiger partial charge on any atom is 0.326 e. The average molecular weight is 232 g/mol. The summed E-state index contributed by atoms with van der Waals surface area (Å²) in [4.78, 5) is 33.9. The molecule has 3 rings (SSSR count). The third-order valence-corrected chi connectivity index (χ3v) is 3.04. The van der Waals surface area contributed by atoms with E-state index in [1.165, 1.54) is 0 Å². The van der Waals surface area contributed by atoms with E-state index in [4.69, 9.17) is 0 Å². The number of nitrogens with zero attached hydrogens (tertiary/aromatic N) is 2. The first kappa shape index (κ1) is 10.1. The number of rotatable bonds is 1. The van der Waals surface area contributed by atoms with Crippen molar-refractivity contribution in [2.24, 2.45) is 0 Å². The summed E-state index contributed by atoms with van der Waals surface area (Å²) in [5.74, 6) is 0.799. The van der Waals surface area contributed by atoms with Gasteiger partial charge in [0.25, 0.3) is 5.56 Å². The molecule has 0 unspecified atom stereocenters. The minimum absolute atomic E-state index is 0.369. The van der Waals surface area contributed by atoms with Crippen molar-refractivity contribution in [1.29, 1.82) is 0 Å². The summed E-state index contributed by atoms with van der Waals surface area (Å²) in [5.41, 5.74) is -0.397. The largest absolute Gasteiger partial charge is 0.357 e. The second kappa shape index (κ2) is 3.73. The summed E-state index contributed by atoms with van der Waals surface area (Å²) >= 11 is 0. The standard InChI is InChI=1S/C11H12N4O2/c16-10-7-5-9(15-3-1-2-4-15)12-6-8(7)13-11(17)14-10/h5-6H,1-4H2,(H2,13,14,16,17). The highest BCUT2D eigenvalue weighted by Crippen LogP contribution is 2.19. The zero-order valence-electron chi connectivity index (χ0n) is 9.19. The van der Waals surface area contributed by atoms with Crippen LogP contribution >= 0.6 is 0 Å². The highest BCUT2D eigenvalue weighted by atomic mass is 16.2. The van der Waals surface area contributed by atoms with E-state index in [2.05, 4.69) is 19.9 Å². The van der Waals surface area contributed by atoms with Crippen LogP contribution in [0.15, 0.2) is 21.9 Å². The van der Waals surface area contributed by atoms with E-state index in [0.717, 1.165) is 31.7 Å². The van der Waals surface area contributed by atoms with E-state index in [9.17, 15) is 9.59 Å². The van der Waals surface area contributed by atoms with Gasteiger partial charge in [-0.1, -0.05) is 0 Å². The van der Waals surface area contributed by atoms with Crippen molar-refractivity contribution in [2.75, 3.05) is 18.0 Å². The van der Waals surface area contributed by atoms with E-state index in [1.54, 1.807) is 12.3 Å². The van der Waals surface area contributed by atoms with Crippen LogP contribution in [-0.4, -0.2) is 28.0 Å². The van der Waals surface area contributed by atoms with Gasteiger partial charge in [-0.15, -0.1) is 0 Å². The fraction of sp³-hybridized carbons (Fsp3) is 0.364. The summed E-state index contributed by atoms with van der Waals surface area (Å²) in [6.07, 6.45) is 3.85. The lowest BCUT2D eigenvalue weighted by Gasteiger charge is -2.15. The van der Waals surface area contributed by atoms with Gasteiger partial charge in [0.1, 0.15) is 5.82 Å². The van der Waals surface area contributed by atoms with Gasteiger partial charge in [-0.2, -0.15) is 0 Å². The SMILES string of the molecule is O=c1[nH]c(=O)c2cc(N3CCCC3)ncc2[nH]1. The molecule has 6 heteroatoms. The van der Waals surface area contributed by atoms with Gasteiger partial charge in [0.2, 0.25) is 0 Å². The molecule has 17 heavy (non-hydrogen) atoms. The van der Waals surface area contributed by atoms with Gasteiger partial charge in [0.05, 0.1) is 17.1 Å². The normalized spacial score (nSPS) is 15.6. The van der Waals surface area contributed by atoms with Crippen LogP contribution in [0, 0.1) is 0 Å². The van der Waals surface area contributed by atoms with Gasteiger partial charge in [-0.3, -0.25) is 9.78 Å². The summed E-state index contributed by atoms with van der Waals surface area (Å²) in [7, 11) is 0. The first-order valence-corrected chi connectivity index (χ1v) is 5.61. The lowest BCUT2D eigenvalue weighted by molar-refractivity contribution is 0.938. The van der Waals surface area contributed by atoms with E-state index in [1.807, 2.05) is 0 Å². The molecule has 0 saturated carbocycles. The number of aromatic nitrogens is 3. The van der Waals surface area contributed by atoms with E-state index < -0.39 is 5.69 Å². The number of hydrogen-bond donors (Lipinski definition) is 2. The van der Waals surface area contributed by atoms with Gasteiger partial charge in [0, 0.05) is 13.1 Å². The van der Waals surface area contributed by atoms with Crippen LogP contribution in [-0.2, 0) is 0 Å². The van der Waals surface area contributed by atoms with Gasteiger partial charge in [0.15, 0.2) is 0 Å². The Morgan fingerprint density at radius 3 is 2.71 bits per heavy atom. The van der Waals surface area contributed by atoms with Gasteiger partial charge >= 0.3 is 5.69 Å². The predicted octanol–water partition coefficient (Wildman–Crippen LogP) is 0.212. The zero-order chi connectivity index (χ0) is 11.8. The van der Waals surface area contributed by atoms with Crippen LogP contribution in [0.3, 0.4) is 0 Å². The maximum atomic E-state index is 11.6. The molecule has 6 nitrogen and oxygen atoms in total. The Morgan fingerprint density at radius 1 is 1.18 bits per heavy atom. The fourth-order valence-corrected chi connectivity index (χ4v) is 2.17. The molecule has 88 valence electrons. The molecule has 3 heterocycles.